The van der Waals surface area contributed by atoms with Crippen molar-refractivity contribution in [2.75, 3.05) is 200 Å². The van der Waals surface area contributed by atoms with Crippen LogP contribution in [0.3, 0.4) is 0 Å². The number of aromatic nitrogens is 4. The Morgan fingerprint density at radius 3 is 1.11 bits per heavy atom. The molecule has 4 aromatic rings. The number of fused-ring (bicyclic) bond motifs is 8. The van der Waals surface area contributed by atoms with Crippen molar-refractivity contribution < 1.29 is 23.7 Å². The van der Waals surface area contributed by atoms with Crippen LogP contribution in [0.25, 0.3) is 83.2 Å². The maximum Gasteiger partial charge on any atom is 0.228 e. The van der Waals surface area contributed by atoms with E-state index in [1.165, 1.54) is 178 Å². The van der Waals surface area contributed by atoms with Crippen molar-refractivity contribution in [1.82, 2.24) is 29.1 Å². The highest BCUT2D eigenvalue weighted by atomic mass is 32.1. The summed E-state index contributed by atoms with van der Waals surface area (Å²) in [6.45, 7) is 32.5. The maximum absolute atomic E-state index is 13.6. The molecule has 4 aliphatic carbocycles. The van der Waals surface area contributed by atoms with Gasteiger partial charge in [0.15, 0.2) is 18.5 Å². The van der Waals surface area contributed by atoms with Gasteiger partial charge in [-0.2, -0.15) is 0 Å². The molecule has 12 heterocycles. The average Bonchev–Trinajstić information content (AvgIpc) is 0.748. The van der Waals surface area contributed by atoms with E-state index in [1.807, 2.05) is 34.8 Å². The summed E-state index contributed by atoms with van der Waals surface area (Å²) in [5.74, 6) is 0. The van der Waals surface area contributed by atoms with Gasteiger partial charge in [-0.05, 0) is 161 Å². The van der Waals surface area contributed by atoms with Crippen LogP contribution in [0.2, 0.25) is 0 Å². The Labute approximate surface area is 737 Å². The summed E-state index contributed by atoms with van der Waals surface area (Å²) in [5.41, 5.74) is 20.8. The minimum atomic E-state index is 0. The fourth-order valence-corrected chi connectivity index (χ4v) is 22.0. The third-order valence-electron chi connectivity index (χ3n) is 25.0. The Morgan fingerprint density at radius 2 is 0.680 bits per heavy atom. The third-order valence-corrected chi connectivity index (χ3v) is 29.5. The molecular formula is C99H126N12O7S4. The van der Waals surface area contributed by atoms with Crippen LogP contribution in [0.4, 0.5) is 34.1 Å². The molecule has 12 aliphatic heterocycles. The van der Waals surface area contributed by atoms with E-state index in [-0.39, 0.29) is 25.7 Å². The number of unbranched alkanes of at least 4 members (excludes halogenated alkanes) is 8. The number of hydrogen-bond acceptors (Lipinski definition) is 21. The van der Waals surface area contributed by atoms with Gasteiger partial charge in [-0.25, -0.2) is 29.1 Å². The molecule has 0 bridgehead atoms. The SMILES string of the molecule is CCCCCc1cc2nc3ccc(N4CCC4)cc3sc-2cc1=O.CCCCCc1cc2nc3ccc(N4CCC4)cc3sc-2cc1=[N+]1CCC1.CCCCCc1cc2nc3ccc(N4CCOCC4)cc3sc-2c(N2CCOCC2)c1=O.CCCCCc1cc2nc3ccc(N4CCOCC4)cc3sc-2c(N2CCOCC2)c1=[N+]1CCOCC1.[CH3-].[CH3-]. The Morgan fingerprint density at radius 1 is 0.328 bits per heavy atom. The highest BCUT2D eigenvalue weighted by molar-refractivity contribution is 7.23. The number of aryl methyl sites for hydroxylation is 4. The molecule has 0 unspecified atom stereocenters. The van der Waals surface area contributed by atoms with Crippen molar-refractivity contribution in [2.24, 2.45) is 0 Å². The van der Waals surface area contributed by atoms with Crippen molar-refractivity contribution in [2.45, 2.75) is 150 Å². The smallest absolute Gasteiger partial charge is 0.228 e. The Kier molecular flexibility index (Phi) is 30.9. The molecule has 0 aromatic heterocycles. The first-order valence-corrected chi connectivity index (χ1v) is 48.5. The van der Waals surface area contributed by atoms with Gasteiger partial charge in [0.25, 0.3) is 0 Å². The zero-order chi connectivity index (χ0) is 81.7. The third kappa shape index (κ3) is 20.6. The van der Waals surface area contributed by atoms with Gasteiger partial charge in [0.2, 0.25) is 16.1 Å². The highest BCUT2D eigenvalue weighted by Crippen LogP contribution is 2.43. The van der Waals surface area contributed by atoms with Crippen LogP contribution in [0.15, 0.2) is 119 Å². The minimum Gasteiger partial charge on any atom is -0.378 e. The second-order valence-electron chi connectivity index (χ2n) is 33.3. The minimum absolute atomic E-state index is 0. The fourth-order valence-electron chi connectivity index (χ4n) is 17.7. The summed E-state index contributed by atoms with van der Waals surface area (Å²) in [7, 11) is 0. The standard InChI is InChI=1S/C29H39N4O3S.C25H31N3O3S.C23H28N3S.C20H22N2OS.2CH3/c1-2-3-4-5-22-20-25-29(28(33-12-18-36-19-13-33)27(22)32-10-16-35-17-11-32)37-26-21-23(6-7-24(26)30-25)31-8-14-34-15-9-31;1-2-3-4-5-18-16-21-25(23(24(18)29)28-10-14-31-15-11-28)32-22-17-19(6-7-20(22)26-21)27-8-12-30-13-9-27;1-2-3-4-7-17-14-20-23(16-21(17)26-12-6-13-26)27-22-15-18(25-10-5-11-25)8-9-19(22)24-20;1-2-3-4-6-14-11-17-20(13-18(14)23)24-19-12-15(22-9-5-10-22)7-8-16(19)21-17;;/h6-7,20-21H,2-5,8-19H2,1H3;6-7,16-17H,2-5,8-15H2,1H3;8-9,14-16H,2-7,10-13H2,1H3;7-8,11-13H,2-6,9-10H2,1H3;2*1H3/q+1;;+1;;2*-1. The largest absolute Gasteiger partial charge is 0.378 e. The molecule has 20 rings (SSSR count). The first kappa shape index (κ1) is 88.5. The van der Waals surface area contributed by atoms with Crippen LogP contribution >= 0.6 is 45.3 Å². The number of rotatable bonds is 22. The van der Waals surface area contributed by atoms with Gasteiger partial charge < -0.3 is 67.9 Å². The van der Waals surface area contributed by atoms with E-state index < -0.39 is 0 Å². The lowest BCUT2D eigenvalue weighted by Gasteiger charge is -2.33. The van der Waals surface area contributed by atoms with E-state index in [4.69, 9.17) is 43.6 Å². The van der Waals surface area contributed by atoms with Gasteiger partial charge in [0.05, 0.1) is 142 Å². The molecule has 0 spiro atoms. The Hall–Kier alpha value is -8.36. The van der Waals surface area contributed by atoms with E-state index in [2.05, 4.69) is 157 Å². The lowest BCUT2D eigenvalue weighted by Crippen LogP contribution is -2.46. The second-order valence-corrected chi connectivity index (χ2v) is 37.6. The van der Waals surface area contributed by atoms with Crippen LogP contribution in [0, 0.1) is 14.9 Å². The number of ether oxygens (including phenoxy) is 5. The molecule has 0 radical (unpaired) electrons. The average molecular weight is 1720 g/mol. The van der Waals surface area contributed by atoms with Crippen molar-refractivity contribution in [3.63, 3.8) is 0 Å². The number of anilines is 6. The van der Waals surface area contributed by atoms with Crippen molar-refractivity contribution in [3.8, 4) is 42.3 Å². The second kappa shape index (κ2) is 42.6. The van der Waals surface area contributed by atoms with Crippen LogP contribution in [-0.2, 0) is 49.4 Å². The van der Waals surface area contributed by atoms with E-state index >= 15 is 0 Å². The summed E-state index contributed by atoms with van der Waals surface area (Å²) < 4.78 is 38.2. The number of hydrogen-bond donors (Lipinski definition) is 0. The molecule has 19 nitrogen and oxygen atoms in total. The molecule has 4 aromatic carbocycles. The molecule has 648 valence electrons. The van der Waals surface area contributed by atoms with Crippen LogP contribution < -0.4 is 60.1 Å². The quantitative estimate of drug-likeness (QED) is 0.0273. The fraction of sp³-hybridized carbons (Fsp3) is 0.495. The summed E-state index contributed by atoms with van der Waals surface area (Å²) in [4.78, 5) is 65.1. The van der Waals surface area contributed by atoms with Gasteiger partial charge in [0.1, 0.15) is 37.7 Å². The molecule has 0 atom stereocenters. The number of morpholine rings is 5. The zero-order valence-electron chi connectivity index (χ0n) is 73.1. The van der Waals surface area contributed by atoms with Gasteiger partial charge in [-0.3, -0.25) is 9.59 Å². The van der Waals surface area contributed by atoms with E-state index in [0.29, 0.717) is 13.2 Å². The normalized spacial score (nSPS) is 16.9. The summed E-state index contributed by atoms with van der Waals surface area (Å²) in [6, 6.07) is 39.6. The number of benzene rings is 8. The summed E-state index contributed by atoms with van der Waals surface area (Å²) in [5, 5.41) is 2.87. The van der Waals surface area contributed by atoms with Gasteiger partial charge in [-0.1, -0.05) is 79.1 Å². The van der Waals surface area contributed by atoms with Crippen LogP contribution in [0.1, 0.15) is 146 Å². The van der Waals surface area contributed by atoms with Gasteiger partial charge in [0, 0.05) is 136 Å². The molecule has 8 fully saturated rings. The van der Waals surface area contributed by atoms with E-state index in [9.17, 15) is 9.59 Å². The molecule has 0 saturated carbocycles. The predicted molar refractivity (Wildman–Crippen MR) is 514 cm³/mol. The van der Waals surface area contributed by atoms with Gasteiger partial charge in [-0.15, -0.1) is 45.3 Å². The molecule has 0 amide bonds. The molecule has 0 N–H and O–H groups in total. The van der Waals surface area contributed by atoms with E-state index in [0.717, 1.165) is 251 Å². The maximum atomic E-state index is 13.6. The predicted octanol–water partition coefficient (Wildman–Crippen LogP) is 17.9. The monoisotopic (exact) mass is 1720 g/mol. The first-order chi connectivity index (χ1) is 59.1. The zero-order valence-corrected chi connectivity index (χ0v) is 76.3. The lowest BCUT2D eigenvalue weighted by atomic mass is 10.0. The molecule has 16 aliphatic rings. The topological polar surface area (TPSA) is 157 Å². The summed E-state index contributed by atoms with van der Waals surface area (Å²) in [6.07, 6.45) is 22.2. The molecule has 23 heteroatoms. The lowest BCUT2D eigenvalue weighted by molar-refractivity contribution is 0.0962. The highest BCUT2D eigenvalue weighted by Gasteiger charge is 2.32. The van der Waals surface area contributed by atoms with Crippen molar-refractivity contribution in [3.05, 3.63) is 177 Å². The first-order valence-electron chi connectivity index (χ1n) is 45.2. The van der Waals surface area contributed by atoms with Crippen LogP contribution in [-0.4, -0.2) is 191 Å². The Bertz CT molecular complexity index is 5640. The molecule has 122 heavy (non-hydrogen) atoms. The molecule has 8 saturated heterocycles. The Balaban J connectivity index is 0.000000127. The van der Waals surface area contributed by atoms with E-state index in [1.54, 1.807) is 28.7 Å². The number of nitrogens with zero attached hydrogens (tertiary/aromatic N) is 12. The van der Waals surface area contributed by atoms with Crippen molar-refractivity contribution in [1.29, 1.82) is 0 Å². The summed E-state index contributed by atoms with van der Waals surface area (Å²) >= 11 is 7.19. The van der Waals surface area contributed by atoms with Crippen molar-refractivity contribution >= 4 is 120 Å². The van der Waals surface area contributed by atoms with Gasteiger partial charge >= 0.3 is 0 Å². The van der Waals surface area contributed by atoms with Crippen LogP contribution in [0.5, 0.6) is 0 Å². The molecular weight excluding hydrogens is 1600 g/mol.